The summed E-state index contributed by atoms with van der Waals surface area (Å²) in [6.07, 6.45) is 2.32. The maximum absolute atomic E-state index is 4.26. The van der Waals surface area contributed by atoms with Gasteiger partial charge in [-0.1, -0.05) is 24.3 Å². The molecule has 0 radical (unpaired) electrons. The number of rotatable bonds is 3. The molecular formula is C19H21N5. The summed E-state index contributed by atoms with van der Waals surface area (Å²) in [4.78, 5) is 2.41. The molecule has 1 aromatic heterocycles. The zero-order chi connectivity index (χ0) is 16.5. The Morgan fingerprint density at radius 2 is 1.92 bits per heavy atom. The standard InChI is InChI=1S/C19H21N5/c1-14-11-15(2)17-9-6-10-23(18(17)12-14)13-19-20-21-22-24(19)16-7-4-3-5-8-16/h3-5,7-8,11-12H,6,9-10,13H2,1-2H3. The largest absolute Gasteiger partial charge is 0.364 e. The van der Waals surface area contributed by atoms with Crippen LogP contribution in [0.5, 0.6) is 0 Å². The highest BCUT2D eigenvalue weighted by atomic mass is 15.5. The second-order valence-corrected chi connectivity index (χ2v) is 6.45. The normalized spacial score (nSPS) is 13.8. The Morgan fingerprint density at radius 1 is 1.08 bits per heavy atom. The molecule has 0 amide bonds. The monoisotopic (exact) mass is 319 g/mol. The number of hydrogen-bond acceptors (Lipinski definition) is 4. The zero-order valence-corrected chi connectivity index (χ0v) is 14.1. The van der Waals surface area contributed by atoms with E-state index in [0.29, 0.717) is 0 Å². The van der Waals surface area contributed by atoms with Gasteiger partial charge in [0.1, 0.15) is 0 Å². The fourth-order valence-electron chi connectivity index (χ4n) is 3.56. The Labute approximate surface area is 141 Å². The molecule has 0 bridgehead atoms. The molecule has 4 rings (SSSR count). The van der Waals surface area contributed by atoms with Gasteiger partial charge < -0.3 is 4.90 Å². The van der Waals surface area contributed by atoms with E-state index < -0.39 is 0 Å². The van der Waals surface area contributed by atoms with E-state index >= 15 is 0 Å². The fraction of sp³-hybridized carbons (Fsp3) is 0.316. The lowest BCUT2D eigenvalue weighted by molar-refractivity contribution is 0.657. The summed E-state index contributed by atoms with van der Waals surface area (Å²) < 4.78 is 1.83. The second kappa shape index (κ2) is 6.07. The summed E-state index contributed by atoms with van der Waals surface area (Å²) >= 11 is 0. The minimum absolute atomic E-state index is 0.720. The van der Waals surface area contributed by atoms with Gasteiger partial charge in [0.15, 0.2) is 5.82 Å². The van der Waals surface area contributed by atoms with Crippen molar-refractivity contribution in [2.45, 2.75) is 33.2 Å². The first-order valence-electron chi connectivity index (χ1n) is 8.40. The van der Waals surface area contributed by atoms with Crippen LogP contribution in [-0.2, 0) is 13.0 Å². The van der Waals surface area contributed by atoms with Crippen LogP contribution in [0, 0.1) is 13.8 Å². The van der Waals surface area contributed by atoms with Crippen LogP contribution >= 0.6 is 0 Å². The molecule has 122 valence electrons. The highest BCUT2D eigenvalue weighted by molar-refractivity contribution is 5.60. The molecule has 3 aromatic rings. The Hall–Kier alpha value is -2.69. The van der Waals surface area contributed by atoms with E-state index in [1.807, 2.05) is 35.0 Å². The molecule has 0 spiro atoms. The van der Waals surface area contributed by atoms with Crippen molar-refractivity contribution in [1.82, 2.24) is 20.2 Å². The Balaban J connectivity index is 1.68. The number of para-hydroxylation sites is 1. The van der Waals surface area contributed by atoms with Gasteiger partial charge in [0, 0.05) is 12.2 Å². The van der Waals surface area contributed by atoms with Gasteiger partial charge in [0.05, 0.1) is 12.2 Å². The lowest BCUT2D eigenvalue weighted by Crippen LogP contribution is -2.30. The van der Waals surface area contributed by atoms with Gasteiger partial charge in [-0.3, -0.25) is 0 Å². The van der Waals surface area contributed by atoms with Gasteiger partial charge in [-0.25, -0.2) is 0 Å². The van der Waals surface area contributed by atoms with Crippen molar-refractivity contribution in [3.05, 3.63) is 65.0 Å². The minimum atomic E-state index is 0.720. The van der Waals surface area contributed by atoms with Crippen LogP contribution in [0.15, 0.2) is 42.5 Å². The van der Waals surface area contributed by atoms with E-state index in [4.69, 9.17) is 0 Å². The first kappa shape index (κ1) is 14.9. The predicted octanol–water partition coefficient (Wildman–Crippen LogP) is 3.23. The molecule has 2 aromatic carbocycles. The summed E-state index contributed by atoms with van der Waals surface area (Å²) in [6, 6.07) is 14.6. The first-order valence-corrected chi connectivity index (χ1v) is 8.40. The molecule has 0 atom stereocenters. The highest BCUT2D eigenvalue weighted by Gasteiger charge is 2.21. The lowest BCUT2D eigenvalue weighted by Gasteiger charge is -2.32. The third-order valence-electron chi connectivity index (χ3n) is 4.66. The Morgan fingerprint density at radius 3 is 2.75 bits per heavy atom. The van der Waals surface area contributed by atoms with E-state index in [1.165, 1.54) is 28.8 Å². The van der Waals surface area contributed by atoms with Crippen LogP contribution < -0.4 is 4.90 Å². The number of nitrogens with zero attached hydrogens (tertiary/aromatic N) is 5. The van der Waals surface area contributed by atoms with Crippen LogP contribution in [-0.4, -0.2) is 26.8 Å². The predicted molar refractivity (Wildman–Crippen MR) is 94.4 cm³/mol. The zero-order valence-electron chi connectivity index (χ0n) is 14.1. The van der Waals surface area contributed by atoms with Crippen LogP contribution in [0.4, 0.5) is 5.69 Å². The number of fused-ring (bicyclic) bond motifs is 1. The second-order valence-electron chi connectivity index (χ2n) is 6.45. The van der Waals surface area contributed by atoms with Crippen LogP contribution in [0.3, 0.4) is 0 Å². The molecule has 0 N–H and O–H groups in total. The van der Waals surface area contributed by atoms with E-state index in [2.05, 4.69) is 46.4 Å². The maximum Gasteiger partial charge on any atom is 0.175 e. The molecule has 5 heteroatoms. The summed E-state index contributed by atoms with van der Waals surface area (Å²) in [6.45, 7) is 6.13. The number of benzene rings is 2. The minimum Gasteiger partial charge on any atom is -0.364 e. The molecule has 0 aliphatic carbocycles. The van der Waals surface area contributed by atoms with Crippen molar-refractivity contribution in [3.8, 4) is 5.69 Å². The van der Waals surface area contributed by atoms with Gasteiger partial charge in [0.2, 0.25) is 0 Å². The van der Waals surface area contributed by atoms with Crippen molar-refractivity contribution >= 4 is 5.69 Å². The SMILES string of the molecule is Cc1cc(C)c2c(c1)N(Cc1nnnn1-c1ccccc1)CCC2. The number of tetrazole rings is 1. The van der Waals surface area contributed by atoms with Crippen molar-refractivity contribution < 1.29 is 0 Å². The molecular weight excluding hydrogens is 298 g/mol. The number of anilines is 1. The third kappa shape index (κ3) is 2.66. The van der Waals surface area contributed by atoms with Gasteiger partial charge in [-0.15, -0.1) is 5.10 Å². The molecule has 1 aliphatic rings. The number of aryl methyl sites for hydroxylation is 2. The van der Waals surface area contributed by atoms with Crippen molar-refractivity contribution in [3.63, 3.8) is 0 Å². The van der Waals surface area contributed by atoms with E-state index in [0.717, 1.165) is 31.0 Å². The Bertz CT molecular complexity index is 853. The maximum atomic E-state index is 4.26. The smallest absolute Gasteiger partial charge is 0.175 e. The van der Waals surface area contributed by atoms with Crippen molar-refractivity contribution in [1.29, 1.82) is 0 Å². The van der Waals surface area contributed by atoms with Gasteiger partial charge in [-0.2, -0.15) is 4.68 Å². The van der Waals surface area contributed by atoms with Gasteiger partial charge in [0.25, 0.3) is 0 Å². The van der Waals surface area contributed by atoms with E-state index in [9.17, 15) is 0 Å². The molecule has 2 heterocycles. The van der Waals surface area contributed by atoms with E-state index in [1.54, 1.807) is 0 Å². The average molecular weight is 319 g/mol. The number of hydrogen-bond donors (Lipinski definition) is 0. The van der Waals surface area contributed by atoms with E-state index in [-0.39, 0.29) is 0 Å². The van der Waals surface area contributed by atoms with Crippen molar-refractivity contribution in [2.24, 2.45) is 0 Å². The summed E-state index contributed by atoms with van der Waals surface area (Å²) in [5.74, 6) is 0.869. The fourth-order valence-corrected chi connectivity index (χ4v) is 3.56. The molecule has 0 unspecified atom stereocenters. The van der Waals surface area contributed by atoms with Crippen LogP contribution in [0.2, 0.25) is 0 Å². The average Bonchev–Trinajstić information content (AvgIpc) is 3.04. The lowest BCUT2D eigenvalue weighted by atomic mass is 9.95. The first-order chi connectivity index (χ1) is 11.7. The van der Waals surface area contributed by atoms with Crippen molar-refractivity contribution in [2.75, 3.05) is 11.4 Å². The quantitative estimate of drug-likeness (QED) is 0.743. The molecule has 0 saturated carbocycles. The molecule has 0 fully saturated rings. The highest BCUT2D eigenvalue weighted by Crippen LogP contribution is 2.32. The summed E-state index contributed by atoms with van der Waals surface area (Å²) in [5, 5.41) is 12.3. The summed E-state index contributed by atoms with van der Waals surface area (Å²) in [5.41, 5.74) is 6.49. The van der Waals surface area contributed by atoms with Gasteiger partial charge >= 0.3 is 0 Å². The summed E-state index contributed by atoms with van der Waals surface area (Å²) in [7, 11) is 0. The molecule has 24 heavy (non-hydrogen) atoms. The topological polar surface area (TPSA) is 46.8 Å². The molecule has 5 nitrogen and oxygen atoms in total. The Kier molecular flexibility index (Phi) is 3.76. The van der Waals surface area contributed by atoms with Crippen LogP contribution in [0.1, 0.15) is 28.9 Å². The molecule has 1 aliphatic heterocycles. The number of aromatic nitrogens is 4. The third-order valence-corrected chi connectivity index (χ3v) is 4.66. The molecule has 0 saturated heterocycles. The van der Waals surface area contributed by atoms with Crippen LogP contribution in [0.25, 0.3) is 5.69 Å². The van der Waals surface area contributed by atoms with Gasteiger partial charge in [-0.05, 0) is 72.0 Å².